The number of ether oxygens (including phenoxy) is 1. The minimum Gasteiger partial charge on any atom is -0.377 e. The minimum absolute atomic E-state index is 0.175. The van der Waals surface area contributed by atoms with E-state index in [-0.39, 0.29) is 5.60 Å². The fraction of sp³-hybridized carbons (Fsp3) is 0.571. The quantitative estimate of drug-likeness (QED) is 0.869. The van der Waals surface area contributed by atoms with E-state index in [1.54, 1.807) is 7.11 Å². The molecule has 0 heterocycles. The van der Waals surface area contributed by atoms with Gasteiger partial charge in [-0.15, -0.1) is 0 Å². The van der Waals surface area contributed by atoms with Crippen molar-refractivity contribution in [1.29, 1.82) is 0 Å². The van der Waals surface area contributed by atoms with Crippen LogP contribution in [0.1, 0.15) is 26.3 Å². The molecule has 3 heteroatoms. The third-order valence-electron chi connectivity index (χ3n) is 3.20. The van der Waals surface area contributed by atoms with E-state index in [0.29, 0.717) is 6.04 Å². The van der Waals surface area contributed by atoms with E-state index in [2.05, 4.69) is 60.2 Å². The van der Waals surface area contributed by atoms with Gasteiger partial charge in [-0.25, -0.2) is 0 Å². The van der Waals surface area contributed by atoms with Crippen molar-refractivity contribution in [2.75, 3.05) is 13.7 Å². The van der Waals surface area contributed by atoms with Gasteiger partial charge in [0.2, 0.25) is 0 Å². The average molecular weight is 300 g/mol. The smallest absolute Gasteiger partial charge is 0.0778 e. The van der Waals surface area contributed by atoms with E-state index in [9.17, 15) is 0 Å². The maximum atomic E-state index is 5.59. The fourth-order valence-electron chi connectivity index (χ4n) is 1.84. The summed E-state index contributed by atoms with van der Waals surface area (Å²) in [4.78, 5) is 0. The lowest BCUT2D eigenvalue weighted by Crippen LogP contribution is -2.49. The van der Waals surface area contributed by atoms with Crippen LogP contribution in [-0.2, 0) is 11.2 Å². The molecule has 1 aromatic carbocycles. The molecule has 1 N–H and O–H groups in total. The normalized spacial score (nSPS) is 13.7. The van der Waals surface area contributed by atoms with Crippen LogP contribution in [-0.4, -0.2) is 25.3 Å². The Morgan fingerprint density at radius 1 is 1.35 bits per heavy atom. The Morgan fingerprint density at radius 2 is 2.00 bits per heavy atom. The summed E-state index contributed by atoms with van der Waals surface area (Å²) in [6.07, 6.45) is 0.954. The van der Waals surface area contributed by atoms with Gasteiger partial charge in [-0.2, -0.15) is 0 Å². The SMILES string of the molecule is CCNC(Cc1ccccc1Br)C(C)(C)OC. The van der Waals surface area contributed by atoms with Crippen molar-refractivity contribution >= 4 is 15.9 Å². The van der Waals surface area contributed by atoms with Crippen LogP contribution in [0.5, 0.6) is 0 Å². The summed E-state index contributed by atoms with van der Waals surface area (Å²) in [5, 5.41) is 3.50. The molecule has 0 bridgehead atoms. The van der Waals surface area contributed by atoms with E-state index in [1.807, 2.05) is 6.07 Å². The molecule has 17 heavy (non-hydrogen) atoms. The summed E-state index contributed by atoms with van der Waals surface area (Å²) in [5.41, 5.74) is 1.13. The molecular weight excluding hydrogens is 278 g/mol. The number of nitrogens with one attached hydrogen (secondary N) is 1. The van der Waals surface area contributed by atoms with Crippen molar-refractivity contribution in [2.45, 2.75) is 38.8 Å². The summed E-state index contributed by atoms with van der Waals surface area (Å²) in [6.45, 7) is 7.31. The lowest BCUT2D eigenvalue weighted by Gasteiger charge is -2.34. The number of benzene rings is 1. The molecule has 0 fully saturated rings. The van der Waals surface area contributed by atoms with E-state index in [1.165, 1.54) is 5.56 Å². The topological polar surface area (TPSA) is 21.3 Å². The Bertz CT molecular complexity index is 352. The molecule has 96 valence electrons. The maximum Gasteiger partial charge on any atom is 0.0778 e. The molecule has 0 aromatic heterocycles. The lowest BCUT2D eigenvalue weighted by molar-refractivity contribution is -0.00964. The highest BCUT2D eigenvalue weighted by molar-refractivity contribution is 9.10. The van der Waals surface area contributed by atoms with E-state index in [4.69, 9.17) is 4.74 Å². The van der Waals surface area contributed by atoms with Gasteiger partial charge in [-0.05, 0) is 38.4 Å². The summed E-state index contributed by atoms with van der Waals surface area (Å²) in [5.74, 6) is 0. The predicted octanol–water partition coefficient (Wildman–Crippen LogP) is 3.39. The predicted molar refractivity (Wildman–Crippen MR) is 76.4 cm³/mol. The molecule has 2 nitrogen and oxygen atoms in total. The number of halogens is 1. The summed E-state index contributed by atoms with van der Waals surface area (Å²) >= 11 is 3.60. The van der Waals surface area contributed by atoms with Gasteiger partial charge < -0.3 is 10.1 Å². The molecule has 0 aliphatic carbocycles. The standard InChI is InChI=1S/C14H22BrNO/c1-5-16-13(14(2,3)17-4)10-11-8-6-7-9-12(11)15/h6-9,13,16H,5,10H2,1-4H3. The summed E-state index contributed by atoms with van der Waals surface area (Å²) in [7, 11) is 1.77. The maximum absolute atomic E-state index is 5.59. The Labute approximate surface area is 113 Å². The molecule has 0 aliphatic rings. The van der Waals surface area contributed by atoms with Crippen LogP contribution in [0.3, 0.4) is 0 Å². The Morgan fingerprint density at radius 3 is 2.53 bits per heavy atom. The van der Waals surface area contributed by atoms with Gasteiger partial charge in [0.1, 0.15) is 0 Å². The zero-order valence-corrected chi connectivity index (χ0v) is 12.7. The monoisotopic (exact) mass is 299 g/mol. The third kappa shape index (κ3) is 4.09. The van der Waals surface area contributed by atoms with E-state index in [0.717, 1.165) is 17.4 Å². The first-order valence-corrected chi connectivity index (χ1v) is 6.82. The molecule has 1 unspecified atom stereocenters. The van der Waals surface area contributed by atoms with Crippen LogP contribution in [0.2, 0.25) is 0 Å². The second-order valence-electron chi connectivity index (χ2n) is 4.71. The molecule has 1 atom stereocenters. The Hall–Kier alpha value is -0.380. The largest absolute Gasteiger partial charge is 0.377 e. The Balaban J connectivity index is 2.84. The Kier molecular flexibility index (Phi) is 5.63. The van der Waals surface area contributed by atoms with Crippen molar-refractivity contribution in [3.8, 4) is 0 Å². The molecule has 1 rings (SSSR count). The van der Waals surface area contributed by atoms with Crippen LogP contribution >= 0.6 is 15.9 Å². The first-order chi connectivity index (χ1) is 8.01. The van der Waals surface area contributed by atoms with Gasteiger partial charge >= 0.3 is 0 Å². The molecule has 0 saturated carbocycles. The van der Waals surface area contributed by atoms with Crippen LogP contribution in [0, 0.1) is 0 Å². The fourth-order valence-corrected chi connectivity index (χ4v) is 2.28. The summed E-state index contributed by atoms with van der Waals surface area (Å²) < 4.78 is 6.75. The van der Waals surface area contributed by atoms with Gasteiger partial charge in [0, 0.05) is 17.6 Å². The van der Waals surface area contributed by atoms with E-state index < -0.39 is 0 Å². The van der Waals surface area contributed by atoms with Gasteiger partial charge in [0.05, 0.1) is 5.60 Å². The van der Waals surface area contributed by atoms with Gasteiger partial charge in [-0.1, -0.05) is 41.1 Å². The zero-order chi connectivity index (χ0) is 12.9. The molecule has 0 aliphatic heterocycles. The number of rotatable bonds is 6. The number of likely N-dealkylation sites (N-methyl/N-ethyl adjacent to an activating group) is 1. The molecule has 0 saturated heterocycles. The van der Waals surface area contributed by atoms with Crippen molar-refractivity contribution in [2.24, 2.45) is 0 Å². The molecule has 1 aromatic rings. The zero-order valence-electron chi connectivity index (χ0n) is 11.1. The van der Waals surface area contributed by atoms with Crippen LogP contribution in [0.15, 0.2) is 28.7 Å². The van der Waals surface area contributed by atoms with Gasteiger partial charge in [0.25, 0.3) is 0 Å². The first kappa shape index (κ1) is 14.7. The van der Waals surface area contributed by atoms with Crippen molar-refractivity contribution in [1.82, 2.24) is 5.32 Å². The second-order valence-corrected chi connectivity index (χ2v) is 5.57. The van der Waals surface area contributed by atoms with Crippen LogP contribution in [0.25, 0.3) is 0 Å². The average Bonchev–Trinajstić information content (AvgIpc) is 2.31. The van der Waals surface area contributed by atoms with Crippen LogP contribution < -0.4 is 5.32 Å². The van der Waals surface area contributed by atoms with Crippen LogP contribution in [0.4, 0.5) is 0 Å². The summed E-state index contributed by atoms with van der Waals surface area (Å²) in [6, 6.07) is 8.65. The van der Waals surface area contributed by atoms with Crippen molar-refractivity contribution in [3.63, 3.8) is 0 Å². The molecule has 0 amide bonds. The number of hydrogen-bond donors (Lipinski definition) is 1. The highest BCUT2D eigenvalue weighted by Gasteiger charge is 2.28. The lowest BCUT2D eigenvalue weighted by atomic mass is 9.92. The van der Waals surface area contributed by atoms with Crippen molar-refractivity contribution < 1.29 is 4.74 Å². The molecule has 0 radical (unpaired) electrons. The molecular formula is C14H22BrNO. The first-order valence-electron chi connectivity index (χ1n) is 6.03. The second kappa shape index (κ2) is 6.53. The number of hydrogen-bond acceptors (Lipinski definition) is 2. The highest BCUT2D eigenvalue weighted by Crippen LogP contribution is 2.22. The van der Waals surface area contributed by atoms with Crippen molar-refractivity contribution in [3.05, 3.63) is 34.3 Å². The number of methoxy groups -OCH3 is 1. The minimum atomic E-state index is -0.175. The molecule has 0 spiro atoms. The highest BCUT2D eigenvalue weighted by atomic mass is 79.9. The van der Waals surface area contributed by atoms with E-state index >= 15 is 0 Å². The third-order valence-corrected chi connectivity index (χ3v) is 3.97. The van der Waals surface area contributed by atoms with Gasteiger partial charge in [0.15, 0.2) is 0 Å². The van der Waals surface area contributed by atoms with Gasteiger partial charge in [-0.3, -0.25) is 0 Å².